The Morgan fingerprint density at radius 1 is 0.319 bits per heavy atom. The molecule has 6 atom stereocenters. The molecule has 0 aliphatic carbocycles. The molecule has 0 aromatic heterocycles. The van der Waals surface area contributed by atoms with E-state index in [1.165, 1.54) is 186 Å². The summed E-state index contributed by atoms with van der Waals surface area (Å²) in [6.45, 7) is 9.57. The first-order valence-corrected chi connectivity index (χ1v) is 40.5. The first kappa shape index (κ1) is 89.1. The van der Waals surface area contributed by atoms with Gasteiger partial charge in [-0.2, -0.15) is 0 Å². The molecule has 0 saturated heterocycles. The maximum atomic E-state index is 13.0. The van der Waals surface area contributed by atoms with Crippen LogP contribution >= 0.6 is 15.6 Å². The molecule has 0 fully saturated rings. The number of hydrogen-bond acceptors (Lipinski definition) is 15. The summed E-state index contributed by atoms with van der Waals surface area (Å²) < 4.78 is 68.4. The molecule has 0 radical (unpaired) electrons. The van der Waals surface area contributed by atoms with E-state index in [2.05, 4.69) is 41.5 Å². The molecule has 0 aliphatic heterocycles. The maximum absolute atomic E-state index is 13.0. The van der Waals surface area contributed by atoms with Crippen LogP contribution in [0.15, 0.2) is 0 Å². The summed E-state index contributed by atoms with van der Waals surface area (Å²) in [4.78, 5) is 72.6. The molecular weight excluding hydrogens is 1200 g/mol. The Morgan fingerprint density at radius 3 is 0.835 bits per heavy atom. The summed E-state index contributed by atoms with van der Waals surface area (Å²) in [6.07, 6.45) is 49.8. The highest BCUT2D eigenvalue weighted by molar-refractivity contribution is 7.47. The monoisotopic (exact) mass is 1340 g/mol. The SMILES string of the molecule is CCCCCCCCCCCCCCCCCC(=O)O[C@H](COC(=O)CCCCCCCCCCCCC(C)CC)COP(=O)(O)OC[C@@H](O)COP(=O)(O)OC[C@@H](COC(=O)CCCCCCCCCCCC)OC(=O)CCCCCCCCCCCC(C)C. The Bertz CT molecular complexity index is 1770. The number of ether oxygens (including phenoxy) is 4. The summed E-state index contributed by atoms with van der Waals surface area (Å²) in [5.41, 5.74) is 0. The van der Waals surface area contributed by atoms with Gasteiger partial charge in [-0.25, -0.2) is 9.13 Å². The van der Waals surface area contributed by atoms with E-state index in [0.717, 1.165) is 102 Å². The standard InChI is InChI=1S/C72H140O17P2/c1-7-10-12-14-16-18-20-21-22-23-24-32-38-44-50-56-71(76)88-67(61-83-70(75)55-49-43-37-31-26-25-29-35-41-47-53-65(6)9-3)62-86-90(78,79)84-58-66(73)59-85-91(80,81)87-63-68(60-82-69(74)54-48-42-36-30-19-17-15-13-11-8-2)89-72(77)57-51-45-39-33-27-28-34-40-46-52-64(4)5/h64-68,73H,7-63H2,1-6H3,(H,78,79)(H,80,81)/t65?,66-,67-,68-/m1/s1. The van der Waals surface area contributed by atoms with Gasteiger partial charge in [0.15, 0.2) is 12.2 Å². The number of phosphoric acid groups is 2. The molecule has 0 rings (SSSR count). The van der Waals surface area contributed by atoms with Crippen LogP contribution < -0.4 is 0 Å². The van der Waals surface area contributed by atoms with Gasteiger partial charge < -0.3 is 33.8 Å². The third-order valence-electron chi connectivity index (χ3n) is 17.1. The van der Waals surface area contributed by atoms with Gasteiger partial charge in [-0.3, -0.25) is 37.3 Å². The Balaban J connectivity index is 5.26. The van der Waals surface area contributed by atoms with Gasteiger partial charge in [-0.1, -0.05) is 318 Å². The van der Waals surface area contributed by atoms with Crippen molar-refractivity contribution in [3.8, 4) is 0 Å². The van der Waals surface area contributed by atoms with Crippen molar-refractivity contribution in [1.29, 1.82) is 0 Å². The number of aliphatic hydroxyl groups excluding tert-OH is 1. The average Bonchev–Trinajstić information content (AvgIpc) is 2.71. The predicted molar refractivity (Wildman–Crippen MR) is 368 cm³/mol. The van der Waals surface area contributed by atoms with Crippen molar-refractivity contribution in [2.75, 3.05) is 39.6 Å². The number of aliphatic hydroxyl groups is 1. The zero-order chi connectivity index (χ0) is 67.2. The highest BCUT2D eigenvalue weighted by atomic mass is 31.2. The number of esters is 4. The van der Waals surface area contributed by atoms with Crippen LogP contribution in [0.5, 0.6) is 0 Å². The van der Waals surface area contributed by atoms with Crippen molar-refractivity contribution in [3.63, 3.8) is 0 Å². The fraction of sp³-hybridized carbons (Fsp3) is 0.944. The zero-order valence-corrected chi connectivity index (χ0v) is 60.9. The first-order chi connectivity index (χ1) is 43.9. The number of rotatable bonds is 71. The van der Waals surface area contributed by atoms with Gasteiger partial charge in [-0.15, -0.1) is 0 Å². The van der Waals surface area contributed by atoms with Crippen LogP contribution in [0.3, 0.4) is 0 Å². The van der Waals surface area contributed by atoms with Crippen molar-refractivity contribution >= 4 is 39.5 Å². The molecule has 0 bridgehead atoms. The van der Waals surface area contributed by atoms with Gasteiger partial charge in [0.1, 0.15) is 19.3 Å². The lowest BCUT2D eigenvalue weighted by molar-refractivity contribution is -0.161. The van der Waals surface area contributed by atoms with Gasteiger partial charge in [-0.05, 0) is 37.5 Å². The van der Waals surface area contributed by atoms with Crippen LogP contribution in [0.25, 0.3) is 0 Å². The molecule has 3 unspecified atom stereocenters. The van der Waals surface area contributed by atoms with Crippen molar-refractivity contribution in [2.24, 2.45) is 11.8 Å². The van der Waals surface area contributed by atoms with Crippen molar-refractivity contribution in [3.05, 3.63) is 0 Å². The zero-order valence-electron chi connectivity index (χ0n) is 59.1. The number of phosphoric ester groups is 2. The Hall–Kier alpha value is -1.94. The molecule has 0 heterocycles. The summed E-state index contributed by atoms with van der Waals surface area (Å²) in [6, 6.07) is 0. The van der Waals surface area contributed by atoms with E-state index < -0.39 is 97.5 Å². The van der Waals surface area contributed by atoms with Gasteiger partial charge in [0, 0.05) is 25.7 Å². The fourth-order valence-electron chi connectivity index (χ4n) is 10.9. The highest BCUT2D eigenvalue weighted by Crippen LogP contribution is 2.45. The summed E-state index contributed by atoms with van der Waals surface area (Å²) in [5, 5.41) is 10.6. The van der Waals surface area contributed by atoms with E-state index in [-0.39, 0.29) is 25.7 Å². The van der Waals surface area contributed by atoms with Crippen LogP contribution in [0, 0.1) is 11.8 Å². The van der Waals surface area contributed by atoms with Crippen LogP contribution in [0.2, 0.25) is 0 Å². The minimum Gasteiger partial charge on any atom is -0.462 e. The quantitative estimate of drug-likeness (QED) is 0.0222. The number of hydrogen-bond donors (Lipinski definition) is 3. The topological polar surface area (TPSA) is 237 Å². The normalized spacial score (nSPS) is 14.4. The Kier molecular flexibility index (Phi) is 62.7. The summed E-state index contributed by atoms with van der Waals surface area (Å²) in [5.74, 6) is -0.574. The van der Waals surface area contributed by atoms with Crippen molar-refractivity contribution in [1.82, 2.24) is 0 Å². The van der Waals surface area contributed by atoms with Gasteiger partial charge >= 0.3 is 39.5 Å². The van der Waals surface area contributed by atoms with E-state index in [1.807, 2.05) is 0 Å². The number of unbranched alkanes of at least 4 members (excludes halogenated alkanes) is 40. The molecule has 0 aliphatic rings. The predicted octanol–water partition coefficient (Wildman–Crippen LogP) is 20.8. The van der Waals surface area contributed by atoms with Gasteiger partial charge in [0.2, 0.25) is 0 Å². The fourth-order valence-corrected chi connectivity index (χ4v) is 12.5. The molecule has 0 aromatic carbocycles. The van der Waals surface area contributed by atoms with Crippen LogP contribution in [-0.4, -0.2) is 96.7 Å². The minimum atomic E-state index is -4.95. The van der Waals surface area contributed by atoms with E-state index in [9.17, 15) is 43.2 Å². The molecule has 0 saturated carbocycles. The third-order valence-corrected chi connectivity index (χ3v) is 19.0. The van der Waals surface area contributed by atoms with Crippen molar-refractivity contribution < 1.29 is 80.2 Å². The molecule has 91 heavy (non-hydrogen) atoms. The molecule has 0 amide bonds. The molecular formula is C72H140O17P2. The van der Waals surface area contributed by atoms with E-state index in [4.69, 9.17) is 37.0 Å². The largest absolute Gasteiger partial charge is 0.472 e. The second kappa shape index (κ2) is 64.1. The molecule has 540 valence electrons. The van der Waals surface area contributed by atoms with E-state index in [1.54, 1.807) is 0 Å². The second-order valence-electron chi connectivity index (χ2n) is 26.7. The number of carbonyl (C=O) groups excluding carboxylic acids is 4. The molecule has 3 N–H and O–H groups in total. The lowest BCUT2D eigenvalue weighted by Crippen LogP contribution is -2.30. The lowest BCUT2D eigenvalue weighted by atomic mass is 9.99. The van der Waals surface area contributed by atoms with Crippen LogP contribution in [0.4, 0.5) is 0 Å². The van der Waals surface area contributed by atoms with E-state index >= 15 is 0 Å². The Morgan fingerprint density at radius 2 is 0.560 bits per heavy atom. The molecule has 0 aromatic rings. The van der Waals surface area contributed by atoms with Gasteiger partial charge in [0.25, 0.3) is 0 Å². The highest BCUT2D eigenvalue weighted by Gasteiger charge is 2.30. The molecule has 0 spiro atoms. The minimum absolute atomic E-state index is 0.105. The van der Waals surface area contributed by atoms with Crippen molar-refractivity contribution in [2.45, 2.75) is 387 Å². The molecule has 19 heteroatoms. The summed E-state index contributed by atoms with van der Waals surface area (Å²) >= 11 is 0. The van der Waals surface area contributed by atoms with Crippen LogP contribution in [-0.2, 0) is 65.4 Å². The lowest BCUT2D eigenvalue weighted by Gasteiger charge is -2.21. The summed E-state index contributed by atoms with van der Waals surface area (Å²) in [7, 11) is -9.90. The molecule has 17 nitrogen and oxygen atoms in total. The van der Waals surface area contributed by atoms with E-state index in [0.29, 0.717) is 25.7 Å². The van der Waals surface area contributed by atoms with Crippen LogP contribution in [0.1, 0.15) is 369 Å². The second-order valence-corrected chi connectivity index (χ2v) is 29.6. The smallest absolute Gasteiger partial charge is 0.462 e. The first-order valence-electron chi connectivity index (χ1n) is 37.5. The maximum Gasteiger partial charge on any atom is 0.472 e. The Labute approximate surface area is 556 Å². The van der Waals surface area contributed by atoms with Gasteiger partial charge in [0.05, 0.1) is 26.4 Å². The average molecular weight is 1340 g/mol. The third kappa shape index (κ3) is 65.1. The number of carbonyl (C=O) groups is 4.